The highest BCUT2D eigenvalue weighted by molar-refractivity contribution is 5.06. The number of hydrogen-bond acceptors (Lipinski definition) is 3. The van der Waals surface area contributed by atoms with E-state index in [4.69, 9.17) is 0 Å². The van der Waals surface area contributed by atoms with Crippen LogP contribution in [0.4, 0.5) is 0 Å². The van der Waals surface area contributed by atoms with Crippen LogP contribution in [0.3, 0.4) is 0 Å². The first kappa shape index (κ1) is 10.6. The van der Waals surface area contributed by atoms with Crippen LogP contribution in [0.1, 0.15) is 51.3 Å². The van der Waals surface area contributed by atoms with E-state index < -0.39 is 0 Å². The van der Waals surface area contributed by atoms with Crippen molar-refractivity contribution in [2.24, 2.45) is 0 Å². The highest BCUT2D eigenvalue weighted by Gasteiger charge is 2.26. The number of aromatic nitrogens is 3. The summed E-state index contributed by atoms with van der Waals surface area (Å²) < 4.78 is 1.92. The Hall–Kier alpha value is -0.900. The molecule has 4 nitrogen and oxygen atoms in total. The molecule has 2 rings (SSSR count). The number of aliphatic hydroxyl groups is 1. The molecule has 1 aliphatic heterocycles. The van der Waals surface area contributed by atoms with Gasteiger partial charge in [0.25, 0.3) is 0 Å². The Kier molecular flexibility index (Phi) is 2.54. The number of rotatable bonds is 1. The highest BCUT2D eigenvalue weighted by Crippen LogP contribution is 2.26. The predicted molar refractivity (Wildman–Crippen MR) is 57.8 cm³/mol. The quantitative estimate of drug-likeness (QED) is 0.761. The van der Waals surface area contributed by atoms with Crippen LogP contribution in [-0.2, 0) is 11.8 Å². The maximum atomic E-state index is 9.26. The van der Waals surface area contributed by atoms with Gasteiger partial charge in [0.05, 0.1) is 12.6 Å². The Bertz CT molecular complexity index is 351. The highest BCUT2D eigenvalue weighted by atomic mass is 16.3. The van der Waals surface area contributed by atoms with Gasteiger partial charge in [-0.15, -0.1) is 0 Å². The minimum atomic E-state index is -0.00958. The SMILES string of the molecule is CC(C)(C)c1nc2n(n1)C(CO)CCC2. The number of nitrogens with zero attached hydrogens (tertiary/aromatic N) is 3. The fourth-order valence-corrected chi connectivity index (χ4v) is 1.92. The van der Waals surface area contributed by atoms with Crippen LogP contribution in [0.25, 0.3) is 0 Å². The second-order valence-corrected chi connectivity index (χ2v) is 5.27. The Morgan fingerprint density at radius 1 is 1.47 bits per heavy atom. The second-order valence-electron chi connectivity index (χ2n) is 5.27. The summed E-state index contributed by atoms with van der Waals surface area (Å²) in [6, 6.07) is 0.136. The smallest absolute Gasteiger partial charge is 0.156 e. The first-order valence-electron chi connectivity index (χ1n) is 5.59. The molecule has 84 valence electrons. The van der Waals surface area contributed by atoms with Crippen molar-refractivity contribution < 1.29 is 5.11 Å². The minimum absolute atomic E-state index is 0.00958. The van der Waals surface area contributed by atoms with Gasteiger partial charge in [-0.2, -0.15) is 5.10 Å². The third-order valence-corrected chi connectivity index (χ3v) is 2.87. The van der Waals surface area contributed by atoms with Crippen LogP contribution >= 0.6 is 0 Å². The Balaban J connectivity index is 2.37. The molecule has 1 unspecified atom stereocenters. The average molecular weight is 209 g/mol. The lowest BCUT2D eigenvalue weighted by Gasteiger charge is -2.21. The van der Waals surface area contributed by atoms with Gasteiger partial charge < -0.3 is 5.11 Å². The molecule has 0 fully saturated rings. The van der Waals surface area contributed by atoms with Gasteiger partial charge >= 0.3 is 0 Å². The summed E-state index contributed by atoms with van der Waals surface area (Å²) in [5, 5.41) is 13.8. The molecule has 1 aliphatic rings. The molecule has 2 heterocycles. The maximum absolute atomic E-state index is 9.26. The van der Waals surface area contributed by atoms with Gasteiger partial charge in [0.2, 0.25) is 0 Å². The van der Waals surface area contributed by atoms with Crippen LogP contribution in [0, 0.1) is 0 Å². The normalized spacial score (nSPS) is 21.5. The molecule has 4 heteroatoms. The van der Waals surface area contributed by atoms with Crippen molar-refractivity contribution in [3.8, 4) is 0 Å². The van der Waals surface area contributed by atoms with E-state index in [2.05, 4.69) is 30.9 Å². The van der Waals surface area contributed by atoms with E-state index in [1.165, 1.54) is 0 Å². The number of fused-ring (bicyclic) bond motifs is 1. The third-order valence-electron chi connectivity index (χ3n) is 2.87. The molecule has 15 heavy (non-hydrogen) atoms. The van der Waals surface area contributed by atoms with Crippen LogP contribution in [0.15, 0.2) is 0 Å². The average Bonchev–Trinajstić information content (AvgIpc) is 2.59. The van der Waals surface area contributed by atoms with Gasteiger partial charge in [-0.05, 0) is 12.8 Å². The first-order valence-corrected chi connectivity index (χ1v) is 5.59. The van der Waals surface area contributed by atoms with Crippen LogP contribution in [-0.4, -0.2) is 26.5 Å². The molecular weight excluding hydrogens is 190 g/mol. The maximum Gasteiger partial charge on any atom is 0.156 e. The van der Waals surface area contributed by atoms with Gasteiger partial charge in [-0.25, -0.2) is 9.67 Å². The Labute approximate surface area is 90.3 Å². The summed E-state index contributed by atoms with van der Waals surface area (Å²) in [6.07, 6.45) is 3.10. The van der Waals surface area contributed by atoms with Crippen molar-refractivity contribution in [1.82, 2.24) is 14.8 Å². The Morgan fingerprint density at radius 2 is 2.20 bits per heavy atom. The van der Waals surface area contributed by atoms with Gasteiger partial charge in [-0.1, -0.05) is 20.8 Å². The molecule has 0 radical (unpaired) electrons. The van der Waals surface area contributed by atoms with Gasteiger partial charge in [0, 0.05) is 11.8 Å². The third kappa shape index (κ3) is 1.91. The van der Waals surface area contributed by atoms with Crippen LogP contribution in [0.5, 0.6) is 0 Å². The van der Waals surface area contributed by atoms with E-state index in [0.29, 0.717) is 0 Å². The van der Waals surface area contributed by atoms with Crippen molar-refractivity contribution in [3.63, 3.8) is 0 Å². The van der Waals surface area contributed by atoms with E-state index >= 15 is 0 Å². The van der Waals surface area contributed by atoms with Gasteiger partial charge in [0.1, 0.15) is 5.82 Å². The molecule has 0 amide bonds. The Morgan fingerprint density at radius 3 is 2.80 bits per heavy atom. The van der Waals surface area contributed by atoms with Crippen LogP contribution in [0.2, 0.25) is 0 Å². The summed E-state index contributed by atoms with van der Waals surface area (Å²) >= 11 is 0. The minimum Gasteiger partial charge on any atom is -0.394 e. The molecular formula is C11H19N3O. The standard InChI is InChI=1S/C11H19N3O/c1-11(2,3)10-12-9-6-4-5-8(7-15)14(9)13-10/h8,15H,4-7H2,1-3H3. The summed E-state index contributed by atoms with van der Waals surface area (Å²) in [4.78, 5) is 4.56. The molecule has 1 atom stereocenters. The molecule has 1 aromatic rings. The van der Waals surface area contributed by atoms with E-state index in [1.807, 2.05) is 4.68 Å². The molecule has 0 saturated heterocycles. The van der Waals surface area contributed by atoms with E-state index in [0.717, 1.165) is 30.9 Å². The monoisotopic (exact) mass is 209 g/mol. The van der Waals surface area contributed by atoms with Gasteiger partial charge in [-0.3, -0.25) is 0 Å². The predicted octanol–water partition coefficient (Wildman–Crippen LogP) is 1.45. The number of aryl methyl sites for hydroxylation is 1. The zero-order valence-electron chi connectivity index (χ0n) is 9.69. The van der Waals surface area contributed by atoms with Crippen molar-refractivity contribution in [2.45, 2.75) is 51.5 Å². The topological polar surface area (TPSA) is 50.9 Å². The number of hydrogen-bond donors (Lipinski definition) is 1. The summed E-state index contributed by atoms with van der Waals surface area (Å²) in [7, 11) is 0. The number of aliphatic hydroxyl groups excluding tert-OH is 1. The largest absolute Gasteiger partial charge is 0.394 e. The van der Waals surface area contributed by atoms with Gasteiger partial charge in [0.15, 0.2) is 5.82 Å². The zero-order valence-corrected chi connectivity index (χ0v) is 9.69. The molecule has 0 bridgehead atoms. The fraction of sp³-hybridized carbons (Fsp3) is 0.818. The molecule has 0 saturated carbocycles. The van der Waals surface area contributed by atoms with E-state index in [-0.39, 0.29) is 18.1 Å². The molecule has 1 N–H and O–H groups in total. The van der Waals surface area contributed by atoms with Crippen molar-refractivity contribution >= 4 is 0 Å². The lowest BCUT2D eigenvalue weighted by Crippen LogP contribution is -2.22. The van der Waals surface area contributed by atoms with Crippen molar-refractivity contribution in [2.75, 3.05) is 6.61 Å². The zero-order chi connectivity index (χ0) is 11.1. The molecule has 0 aromatic carbocycles. The first-order chi connectivity index (χ1) is 7.02. The van der Waals surface area contributed by atoms with Crippen molar-refractivity contribution in [3.05, 3.63) is 11.6 Å². The second kappa shape index (κ2) is 3.59. The fourth-order valence-electron chi connectivity index (χ4n) is 1.92. The summed E-state index contributed by atoms with van der Waals surface area (Å²) in [5.41, 5.74) is -0.00958. The summed E-state index contributed by atoms with van der Waals surface area (Å²) in [6.45, 7) is 6.51. The lowest BCUT2D eigenvalue weighted by molar-refractivity contribution is 0.194. The van der Waals surface area contributed by atoms with E-state index in [9.17, 15) is 5.11 Å². The lowest BCUT2D eigenvalue weighted by atomic mass is 9.96. The summed E-state index contributed by atoms with van der Waals surface area (Å²) in [5.74, 6) is 1.92. The van der Waals surface area contributed by atoms with E-state index in [1.54, 1.807) is 0 Å². The van der Waals surface area contributed by atoms with Crippen LogP contribution < -0.4 is 0 Å². The molecule has 0 aliphatic carbocycles. The molecule has 1 aromatic heterocycles. The molecule has 0 spiro atoms. The van der Waals surface area contributed by atoms with Crippen molar-refractivity contribution in [1.29, 1.82) is 0 Å².